The van der Waals surface area contributed by atoms with Gasteiger partial charge in [-0.3, -0.25) is 4.79 Å². The quantitative estimate of drug-likeness (QED) is 0.643. The second-order valence-corrected chi connectivity index (χ2v) is 3.19. The number of fused-ring (bicyclic) bond motifs is 1. The van der Waals surface area contributed by atoms with E-state index in [0.29, 0.717) is 18.8 Å². The monoisotopic (exact) mass is 200 g/mol. The molecule has 68 valence electrons. The molecule has 1 aliphatic rings. The van der Waals surface area contributed by atoms with Gasteiger partial charge in [0.05, 0.1) is 17.2 Å². The van der Waals surface area contributed by atoms with Crippen LogP contribution in [0.4, 0.5) is 4.39 Å². The maximum Gasteiger partial charge on any atom is 0.170 e. The minimum Gasteiger partial charge on any atom is -0.492 e. The van der Waals surface area contributed by atoms with Crippen molar-refractivity contribution in [2.45, 2.75) is 6.42 Å². The predicted molar refractivity (Wildman–Crippen MR) is 45.9 cm³/mol. The molecule has 1 aromatic carbocycles. The van der Waals surface area contributed by atoms with Crippen LogP contribution in [0, 0.1) is 5.82 Å². The van der Waals surface area contributed by atoms with Gasteiger partial charge in [-0.2, -0.15) is 0 Å². The van der Waals surface area contributed by atoms with Crippen LogP contribution in [0.3, 0.4) is 0 Å². The maximum atomic E-state index is 12.9. The molecule has 4 heteroatoms. The van der Waals surface area contributed by atoms with E-state index in [1.165, 1.54) is 6.07 Å². The summed E-state index contributed by atoms with van der Waals surface area (Å²) in [5.41, 5.74) is 0.285. The molecule has 0 saturated heterocycles. The summed E-state index contributed by atoms with van der Waals surface area (Å²) in [6.45, 7) is 0.341. The first-order valence-electron chi connectivity index (χ1n) is 3.83. The van der Waals surface area contributed by atoms with Crippen molar-refractivity contribution in [3.8, 4) is 5.75 Å². The Balaban J connectivity index is 2.58. The Kier molecular flexibility index (Phi) is 1.96. The lowest BCUT2D eigenvalue weighted by molar-refractivity contribution is 0.0933. The Labute approximate surface area is 79.3 Å². The zero-order chi connectivity index (χ0) is 9.42. The number of hydrogen-bond acceptors (Lipinski definition) is 2. The van der Waals surface area contributed by atoms with Gasteiger partial charge in [-0.1, -0.05) is 11.6 Å². The van der Waals surface area contributed by atoms with Crippen molar-refractivity contribution in [3.63, 3.8) is 0 Å². The van der Waals surface area contributed by atoms with Crippen molar-refractivity contribution < 1.29 is 13.9 Å². The van der Waals surface area contributed by atoms with Crippen molar-refractivity contribution >= 4 is 17.4 Å². The van der Waals surface area contributed by atoms with Crippen LogP contribution in [-0.2, 0) is 0 Å². The molecule has 1 heterocycles. The van der Waals surface area contributed by atoms with Gasteiger partial charge in [-0.05, 0) is 6.07 Å². The van der Waals surface area contributed by atoms with Gasteiger partial charge < -0.3 is 4.74 Å². The van der Waals surface area contributed by atoms with Crippen LogP contribution >= 0.6 is 11.6 Å². The predicted octanol–water partition coefficient (Wildman–Crippen LogP) is 2.44. The van der Waals surface area contributed by atoms with Crippen LogP contribution in [0.5, 0.6) is 5.75 Å². The fourth-order valence-electron chi connectivity index (χ4n) is 1.25. The first kappa shape index (κ1) is 8.51. The summed E-state index contributed by atoms with van der Waals surface area (Å²) < 4.78 is 18.1. The number of ketones is 1. The molecule has 13 heavy (non-hydrogen) atoms. The molecule has 2 rings (SSSR count). The lowest BCUT2D eigenvalue weighted by atomic mass is 10.1. The van der Waals surface area contributed by atoms with Gasteiger partial charge in [0.1, 0.15) is 11.6 Å². The molecule has 0 aromatic heterocycles. The standard InChI is InChI=1S/C9H6ClFO2/c10-6-4-9-5(3-7(6)11)8(12)1-2-13-9/h3-4H,1-2H2. The third-order valence-electron chi connectivity index (χ3n) is 1.91. The number of benzene rings is 1. The number of ether oxygens (including phenoxy) is 1. The lowest BCUT2D eigenvalue weighted by Crippen LogP contribution is -2.15. The summed E-state index contributed by atoms with van der Waals surface area (Å²) in [7, 11) is 0. The normalized spacial score (nSPS) is 15.1. The van der Waals surface area contributed by atoms with Crippen molar-refractivity contribution in [1.29, 1.82) is 0 Å². The van der Waals surface area contributed by atoms with Gasteiger partial charge in [-0.25, -0.2) is 4.39 Å². The van der Waals surface area contributed by atoms with Crippen LogP contribution in [0.25, 0.3) is 0 Å². The van der Waals surface area contributed by atoms with E-state index in [4.69, 9.17) is 16.3 Å². The van der Waals surface area contributed by atoms with Crippen LogP contribution < -0.4 is 4.74 Å². The average Bonchev–Trinajstić information content (AvgIpc) is 2.09. The SMILES string of the molecule is O=C1CCOc2cc(Cl)c(F)cc21. The molecule has 0 fully saturated rings. The molecule has 0 spiro atoms. The highest BCUT2D eigenvalue weighted by atomic mass is 35.5. The Morgan fingerprint density at radius 1 is 1.46 bits per heavy atom. The second kappa shape index (κ2) is 3.00. The van der Waals surface area contributed by atoms with Crippen molar-refractivity contribution in [2.24, 2.45) is 0 Å². The fraction of sp³-hybridized carbons (Fsp3) is 0.222. The largest absolute Gasteiger partial charge is 0.492 e. The van der Waals surface area contributed by atoms with Gasteiger partial charge in [-0.15, -0.1) is 0 Å². The molecule has 0 bridgehead atoms. The highest BCUT2D eigenvalue weighted by molar-refractivity contribution is 6.31. The average molecular weight is 201 g/mol. The summed E-state index contributed by atoms with van der Waals surface area (Å²) >= 11 is 5.53. The summed E-state index contributed by atoms with van der Waals surface area (Å²) in [5.74, 6) is -0.307. The molecule has 0 unspecified atom stereocenters. The third-order valence-corrected chi connectivity index (χ3v) is 2.20. The topological polar surface area (TPSA) is 26.3 Å². The summed E-state index contributed by atoms with van der Waals surface area (Å²) in [5, 5.41) is -0.0200. The summed E-state index contributed by atoms with van der Waals surface area (Å²) in [6.07, 6.45) is 0.300. The smallest absolute Gasteiger partial charge is 0.170 e. The number of hydrogen-bond donors (Lipinski definition) is 0. The van der Waals surface area contributed by atoms with Crippen LogP contribution in [0.15, 0.2) is 12.1 Å². The Hall–Kier alpha value is -1.09. The zero-order valence-corrected chi connectivity index (χ0v) is 7.40. The Morgan fingerprint density at radius 3 is 3.00 bits per heavy atom. The van der Waals surface area contributed by atoms with Crippen molar-refractivity contribution in [2.75, 3.05) is 6.61 Å². The van der Waals surface area contributed by atoms with Crippen molar-refractivity contribution in [1.82, 2.24) is 0 Å². The number of halogens is 2. The first-order valence-corrected chi connectivity index (χ1v) is 4.21. The van der Waals surface area contributed by atoms with Gasteiger partial charge in [0, 0.05) is 12.5 Å². The Bertz CT molecular complexity index is 376. The molecule has 0 radical (unpaired) electrons. The van der Waals surface area contributed by atoms with E-state index in [9.17, 15) is 9.18 Å². The highest BCUT2D eigenvalue weighted by Gasteiger charge is 2.20. The number of Topliss-reactive ketones (excluding diaryl/α,β-unsaturated/α-hetero) is 1. The van der Waals surface area contributed by atoms with E-state index < -0.39 is 5.82 Å². The maximum absolute atomic E-state index is 12.9. The molecule has 0 atom stereocenters. The molecule has 0 saturated carbocycles. The highest BCUT2D eigenvalue weighted by Crippen LogP contribution is 2.29. The molecule has 0 aliphatic carbocycles. The minimum absolute atomic E-state index is 0.0200. The van der Waals surface area contributed by atoms with Crippen LogP contribution in [-0.4, -0.2) is 12.4 Å². The fourth-order valence-corrected chi connectivity index (χ4v) is 1.41. The third kappa shape index (κ3) is 1.40. The van der Waals surface area contributed by atoms with E-state index in [1.807, 2.05) is 0 Å². The van der Waals surface area contributed by atoms with E-state index in [-0.39, 0.29) is 16.4 Å². The number of carbonyl (C=O) groups excluding carboxylic acids is 1. The van der Waals surface area contributed by atoms with Crippen LogP contribution in [0.1, 0.15) is 16.8 Å². The molecular weight excluding hydrogens is 195 g/mol. The van der Waals surface area contributed by atoms with E-state index in [1.54, 1.807) is 0 Å². The Morgan fingerprint density at radius 2 is 2.23 bits per heavy atom. The molecule has 1 aliphatic heterocycles. The summed E-state index contributed by atoms with van der Waals surface area (Å²) in [4.78, 5) is 11.3. The molecule has 0 amide bonds. The molecule has 0 N–H and O–H groups in total. The van der Waals surface area contributed by atoms with E-state index in [2.05, 4.69) is 0 Å². The van der Waals surface area contributed by atoms with Gasteiger partial charge >= 0.3 is 0 Å². The van der Waals surface area contributed by atoms with Gasteiger partial charge in [0.25, 0.3) is 0 Å². The van der Waals surface area contributed by atoms with E-state index in [0.717, 1.165) is 6.07 Å². The van der Waals surface area contributed by atoms with E-state index >= 15 is 0 Å². The van der Waals surface area contributed by atoms with Crippen LogP contribution in [0.2, 0.25) is 5.02 Å². The van der Waals surface area contributed by atoms with Gasteiger partial charge in [0.2, 0.25) is 0 Å². The second-order valence-electron chi connectivity index (χ2n) is 2.78. The first-order chi connectivity index (χ1) is 6.18. The molecular formula is C9H6ClFO2. The number of carbonyl (C=O) groups is 1. The zero-order valence-electron chi connectivity index (χ0n) is 6.64. The lowest BCUT2D eigenvalue weighted by Gasteiger charge is -2.16. The van der Waals surface area contributed by atoms with Crippen molar-refractivity contribution in [3.05, 3.63) is 28.5 Å². The minimum atomic E-state index is -0.584. The molecule has 2 nitrogen and oxygen atoms in total. The molecule has 1 aromatic rings. The number of rotatable bonds is 0. The van der Waals surface area contributed by atoms with Gasteiger partial charge in [0.15, 0.2) is 5.78 Å². The summed E-state index contributed by atoms with van der Waals surface area (Å²) in [6, 6.07) is 2.46.